The predicted octanol–water partition coefficient (Wildman–Crippen LogP) is 1.33. The van der Waals surface area contributed by atoms with E-state index in [9.17, 15) is 34.2 Å². The number of aromatic hydroxyl groups is 2. The molecule has 8 atom stereocenters. The minimum atomic E-state index is -0.953. The van der Waals surface area contributed by atoms with Crippen molar-refractivity contribution in [2.45, 2.75) is 84.6 Å². The number of benzene rings is 2. The summed E-state index contributed by atoms with van der Waals surface area (Å²) in [7, 11) is 0. The standard InChI is InChI=1S/C17H22N2O4S.C9H9NO3.C8H12N2O3S/c1-17(2)14(16(22)23)19-8-10(15(19)24-17)7-12(21)13(18)9-3-5-11(20)6-4-9;1-13-9(12)8(10)6-2-4-7(11)5-3-6;1-8(2)4(7(12)13)10-5(11)3(9)6(10)14-8/h3-6,10,13-15,20H,7-8,18H2,1-2H3,(H,22,23);2-5,8H,1,10H2;3-4,6H,9H2,1-2H3,(H,12,13)/p+1. The van der Waals surface area contributed by atoms with Gasteiger partial charge in [0.05, 0.1) is 16.2 Å². The SMILES string of the molecule is C=[O+]C(=O)C(N)c1ccc(O)cc1.CC1(C)SC2C(CC(=O)C(N)c3ccc(O)cc3)CN2C1C(=O)O.CC1(C)SC2C(N)C(=O)N2C1C(=O)O. The predicted molar refractivity (Wildman–Crippen MR) is 191 cm³/mol. The molecule has 6 rings (SSSR count). The number of carboxylic acid groups (broad SMARTS) is 2. The van der Waals surface area contributed by atoms with E-state index in [0.717, 1.165) is 0 Å². The fraction of sp³-hybridized carbons (Fsp3) is 0.471. The Hall–Kier alpha value is -4.00. The lowest BCUT2D eigenvalue weighted by atomic mass is 9.87. The van der Waals surface area contributed by atoms with Gasteiger partial charge >= 0.3 is 17.9 Å². The molecule has 1 amide bonds. The molecule has 4 fully saturated rings. The molecule has 276 valence electrons. The lowest BCUT2D eigenvalue weighted by Crippen LogP contribution is -2.68. The van der Waals surface area contributed by atoms with Crippen molar-refractivity contribution in [1.29, 1.82) is 0 Å². The normalized spacial score (nSPS) is 27.7. The van der Waals surface area contributed by atoms with E-state index in [2.05, 4.69) is 11.2 Å². The fourth-order valence-corrected chi connectivity index (χ4v) is 9.87. The second-order valence-corrected chi connectivity index (χ2v) is 17.2. The maximum atomic E-state index is 12.5. The van der Waals surface area contributed by atoms with E-state index in [4.69, 9.17) is 27.4 Å². The molecule has 51 heavy (non-hydrogen) atoms. The molecule has 0 aliphatic carbocycles. The monoisotopic (exact) mass is 746 g/mol. The highest BCUT2D eigenvalue weighted by atomic mass is 32.2. The Bertz CT molecular complexity index is 1670. The number of β-lactam (4-membered cyclic amide) rings is 1. The summed E-state index contributed by atoms with van der Waals surface area (Å²) in [5.74, 6) is -2.27. The van der Waals surface area contributed by atoms with Gasteiger partial charge in [-0.2, -0.15) is 0 Å². The summed E-state index contributed by atoms with van der Waals surface area (Å²) in [6, 6.07) is 8.99. The number of phenolic OH excluding ortho intramolecular Hbond substituents is 2. The molecule has 0 bridgehead atoms. The van der Waals surface area contributed by atoms with Crippen LogP contribution in [0.25, 0.3) is 0 Å². The van der Waals surface area contributed by atoms with Crippen LogP contribution in [0.1, 0.15) is 57.3 Å². The number of hydrogen-bond donors (Lipinski definition) is 7. The molecule has 2 aromatic carbocycles. The quantitative estimate of drug-likeness (QED) is 0.148. The Balaban J connectivity index is 0.000000185. The van der Waals surface area contributed by atoms with Gasteiger partial charge in [-0.15, -0.1) is 23.5 Å². The number of Topliss-reactive ketones (excluding diaryl/α,β-unsaturated/α-hetero) is 1. The lowest BCUT2D eigenvalue weighted by Gasteiger charge is -2.44. The average Bonchev–Trinajstić information content (AvgIpc) is 3.46. The molecule has 4 saturated heterocycles. The number of amides is 1. The minimum Gasteiger partial charge on any atom is -0.508 e. The Morgan fingerprint density at radius 1 is 0.843 bits per heavy atom. The molecule has 0 aromatic heterocycles. The van der Waals surface area contributed by atoms with Gasteiger partial charge in [0.1, 0.15) is 35.0 Å². The molecule has 10 N–H and O–H groups in total. The summed E-state index contributed by atoms with van der Waals surface area (Å²) >= 11 is 3.10. The van der Waals surface area contributed by atoms with Crippen molar-refractivity contribution in [2.24, 2.45) is 23.1 Å². The first-order chi connectivity index (χ1) is 23.7. The molecule has 15 nitrogen and oxygen atoms in total. The van der Waals surface area contributed by atoms with Gasteiger partial charge in [-0.05, 0) is 63.1 Å². The minimum absolute atomic E-state index is 0.0532. The summed E-state index contributed by atoms with van der Waals surface area (Å²) in [4.78, 5) is 60.6. The van der Waals surface area contributed by atoms with Crippen molar-refractivity contribution in [3.8, 4) is 11.5 Å². The maximum absolute atomic E-state index is 12.5. The Labute approximate surface area is 303 Å². The number of hydrogen-bond acceptors (Lipinski definition) is 13. The van der Waals surface area contributed by atoms with Crippen LogP contribution in [0, 0.1) is 5.92 Å². The van der Waals surface area contributed by atoms with Crippen LogP contribution in [0.4, 0.5) is 0 Å². The maximum Gasteiger partial charge on any atom is 0.600 e. The third-order valence-electron chi connectivity index (χ3n) is 9.25. The summed E-state index contributed by atoms with van der Waals surface area (Å²) in [6.45, 7) is 11.1. The summed E-state index contributed by atoms with van der Waals surface area (Å²) in [6.07, 6.45) is 0.346. The Morgan fingerprint density at radius 2 is 1.29 bits per heavy atom. The largest absolute Gasteiger partial charge is 0.600 e. The van der Waals surface area contributed by atoms with Crippen molar-refractivity contribution in [3.05, 3.63) is 59.7 Å². The van der Waals surface area contributed by atoms with Gasteiger partial charge in [0.2, 0.25) is 5.91 Å². The van der Waals surface area contributed by atoms with Crippen molar-refractivity contribution in [2.75, 3.05) is 6.54 Å². The van der Waals surface area contributed by atoms with Gasteiger partial charge in [0, 0.05) is 28.4 Å². The highest BCUT2D eigenvalue weighted by molar-refractivity contribution is 8.02. The van der Waals surface area contributed by atoms with E-state index in [1.54, 1.807) is 36.0 Å². The van der Waals surface area contributed by atoms with E-state index in [-0.39, 0.29) is 44.6 Å². The second kappa shape index (κ2) is 15.3. The van der Waals surface area contributed by atoms with Gasteiger partial charge in [0.15, 0.2) is 18.6 Å². The van der Waals surface area contributed by atoms with Crippen LogP contribution in [-0.4, -0.2) is 112 Å². The zero-order chi connectivity index (χ0) is 38.2. The van der Waals surface area contributed by atoms with E-state index in [1.807, 2.05) is 32.6 Å². The topological polar surface area (TPSA) is 262 Å². The van der Waals surface area contributed by atoms with Crippen LogP contribution < -0.4 is 17.2 Å². The highest BCUT2D eigenvalue weighted by Gasteiger charge is 2.63. The number of carbonyl (C=O) groups excluding carboxylic acids is 4. The van der Waals surface area contributed by atoms with Crippen LogP contribution >= 0.6 is 23.5 Å². The molecular weight excluding hydrogens is 703 g/mol. The summed E-state index contributed by atoms with van der Waals surface area (Å²) < 4.78 is 3.39. The van der Waals surface area contributed by atoms with Gasteiger partial charge in [-0.25, -0.2) is 4.79 Å². The van der Waals surface area contributed by atoms with Gasteiger partial charge in [-0.1, -0.05) is 24.3 Å². The summed E-state index contributed by atoms with van der Waals surface area (Å²) in [5, 5.41) is 36.6. The number of carboxylic acids is 2. The smallest absolute Gasteiger partial charge is 0.508 e. The van der Waals surface area contributed by atoms with Crippen molar-refractivity contribution in [3.63, 3.8) is 0 Å². The van der Waals surface area contributed by atoms with Crippen LogP contribution in [0.3, 0.4) is 0 Å². The molecule has 4 aliphatic heterocycles. The first-order valence-electron chi connectivity index (χ1n) is 15.9. The van der Waals surface area contributed by atoms with Crippen LogP contribution in [0.2, 0.25) is 0 Å². The van der Waals surface area contributed by atoms with Crippen LogP contribution in [0.5, 0.6) is 11.5 Å². The highest BCUT2D eigenvalue weighted by Crippen LogP contribution is 2.53. The summed E-state index contributed by atoms with van der Waals surface area (Å²) in [5.41, 5.74) is 18.4. The van der Waals surface area contributed by atoms with Gasteiger partial charge in [-0.3, -0.25) is 23.7 Å². The van der Waals surface area contributed by atoms with E-state index < -0.39 is 52.9 Å². The number of thioether (sulfide) groups is 2. The van der Waals surface area contributed by atoms with Crippen molar-refractivity contribution in [1.82, 2.24) is 9.80 Å². The third-order valence-corrected chi connectivity index (χ3v) is 12.6. The fourth-order valence-electron chi connectivity index (χ4n) is 6.60. The Kier molecular flexibility index (Phi) is 11.9. The first-order valence-corrected chi connectivity index (χ1v) is 17.7. The molecular formula is C34H44N5O10S2+. The van der Waals surface area contributed by atoms with E-state index in [1.165, 1.54) is 40.9 Å². The lowest BCUT2D eigenvalue weighted by molar-refractivity contribution is -0.370. The number of nitrogens with zero attached hydrogens (tertiary/aromatic N) is 2. The van der Waals surface area contributed by atoms with Crippen molar-refractivity contribution >= 4 is 59.9 Å². The number of aliphatic carboxylic acids is 2. The average molecular weight is 747 g/mol. The van der Waals surface area contributed by atoms with E-state index in [0.29, 0.717) is 24.1 Å². The molecule has 17 heteroatoms. The zero-order valence-corrected chi connectivity index (χ0v) is 30.2. The van der Waals surface area contributed by atoms with Crippen molar-refractivity contribution < 1.29 is 48.8 Å². The number of rotatable bonds is 8. The molecule has 4 heterocycles. The Morgan fingerprint density at radius 3 is 1.76 bits per heavy atom. The molecule has 0 saturated carbocycles. The number of fused-ring (bicyclic) bond motifs is 2. The molecule has 0 spiro atoms. The molecule has 0 radical (unpaired) electrons. The third kappa shape index (κ3) is 8.23. The molecule has 8 unspecified atom stereocenters. The number of nitrogens with two attached hydrogens (primary N) is 3. The number of phenols is 2. The van der Waals surface area contributed by atoms with Crippen LogP contribution in [-0.2, 0) is 28.4 Å². The molecule has 2 aromatic rings. The first kappa shape index (κ1) is 39.8. The van der Waals surface area contributed by atoms with E-state index >= 15 is 0 Å². The van der Waals surface area contributed by atoms with Gasteiger partial charge < -0.3 is 42.5 Å². The number of carbonyl (C=O) groups is 5. The van der Waals surface area contributed by atoms with Gasteiger partial charge in [0.25, 0.3) is 0 Å². The second-order valence-electron chi connectivity index (χ2n) is 13.7. The zero-order valence-electron chi connectivity index (χ0n) is 28.5. The number of ketones is 1. The molecule has 4 aliphatic rings. The van der Waals surface area contributed by atoms with Crippen LogP contribution in [0.15, 0.2) is 48.5 Å².